The third-order valence-electron chi connectivity index (χ3n) is 5.45. The van der Waals surface area contributed by atoms with Crippen molar-refractivity contribution in [2.24, 2.45) is 0 Å². The van der Waals surface area contributed by atoms with Gasteiger partial charge in [-0.05, 0) is 42.6 Å². The average Bonchev–Trinajstić information content (AvgIpc) is 3.54. The molecule has 0 saturated carbocycles. The topological polar surface area (TPSA) is 62.5 Å². The first kappa shape index (κ1) is 20.3. The lowest BCUT2D eigenvalue weighted by molar-refractivity contribution is 0.0640. The summed E-state index contributed by atoms with van der Waals surface area (Å²) in [6.07, 6.45) is 1.67. The number of carbonyl (C=O) groups excluding carboxylic acids is 1. The first-order chi connectivity index (χ1) is 15.2. The van der Waals surface area contributed by atoms with Crippen LogP contribution in [0.25, 0.3) is 20.8 Å². The van der Waals surface area contributed by atoms with Crippen molar-refractivity contribution in [2.75, 3.05) is 32.7 Å². The number of thiophene rings is 2. The Labute approximate surface area is 186 Å². The van der Waals surface area contributed by atoms with Gasteiger partial charge >= 0.3 is 0 Å². The molecule has 0 spiro atoms. The van der Waals surface area contributed by atoms with E-state index in [0.717, 1.165) is 42.1 Å². The predicted octanol–water partition coefficient (Wildman–Crippen LogP) is 4.54. The molecule has 0 atom stereocenters. The number of hydrogen-bond donors (Lipinski definition) is 0. The van der Waals surface area contributed by atoms with Crippen LogP contribution in [0, 0.1) is 5.82 Å². The molecule has 0 unspecified atom stereocenters. The second kappa shape index (κ2) is 8.86. The number of amides is 1. The second-order valence-corrected chi connectivity index (χ2v) is 9.52. The van der Waals surface area contributed by atoms with Crippen LogP contribution in [0.1, 0.15) is 22.0 Å². The van der Waals surface area contributed by atoms with Crippen molar-refractivity contribution in [2.45, 2.75) is 12.8 Å². The maximum Gasteiger partial charge on any atom is 0.264 e. The van der Waals surface area contributed by atoms with Crippen LogP contribution in [0.4, 0.5) is 4.39 Å². The van der Waals surface area contributed by atoms with E-state index in [1.165, 1.54) is 17.4 Å². The lowest BCUT2D eigenvalue weighted by Gasteiger charge is -2.34. The van der Waals surface area contributed by atoms with Crippen LogP contribution in [0.5, 0.6) is 0 Å². The van der Waals surface area contributed by atoms with Gasteiger partial charge in [0.25, 0.3) is 5.91 Å². The van der Waals surface area contributed by atoms with E-state index in [4.69, 9.17) is 4.52 Å². The van der Waals surface area contributed by atoms with Crippen molar-refractivity contribution in [1.82, 2.24) is 19.9 Å². The molecule has 1 saturated heterocycles. The minimum Gasteiger partial charge on any atom is -0.339 e. The van der Waals surface area contributed by atoms with Gasteiger partial charge in [0, 0.05) is 42.7 Å². The first-order valence-electron chi connectivity index (χ1n) is 10.2. The number of aromatic nitrogens is 2. The highest BCUT2D eigenvalue weighted by atomic mass is 32.1. The molecule has 6 nitrogen and oxygen atoms in total. The van der Waals surface area contributed by atoms with Crippen molar-refractivity contribution in [1.29, 1.82) is 0 Å². The fourth-order valence-electron chi connectivity index (χ4n) is 3.78. The fourth-order valence-corrected chi connectivity index (χ4v) is 5.47. The largest absolute Gasteiger partial charge is 0.339 e. The first-order valence-corrected chi connectivity index (χ1v) is 11.9. The van der Waals surface area contributed by atoms with Crippen LogP contribution in [0.2, 0.25) is 0 Å². The number of piperazine rings is 1. The number of carbonyl (C=O) groups is 1. The van der Waals surface area contributed by atoms with Crippen LogP contribution in [-0.4, -0.2) is 58.6 Å². The van der Waals surface area contributed by atoms with Crippen molar-refractivity contribution >= 4 is 38.7 Å². The van der Waals surface area contributed by atoms with Gasteiger partial charge in [-0.1, -0.05) is 17.3 Å². The van der Waals surface area contributed by atoms with Crippen LogP contribution in [0.3, 0.4) is 0 Å². The number of benzene rings is 1. The van der Waals surface area contributed by atoms with Crippen LogP contribution < -0.4 is 0 Å². The van der Waals surface area contributed by atoms with Gasteiger partial charge in [-0.3, -0.25) is 9.69 Å². The third kappa shape index (κ3) is 4.39. The quantitative estimate of drug-likeness (QED) is 0.426. The number of aryl methyl sites for hydroxylation is 1. The third-order valence-corrected chi connectivity index (χ3v) is 7.41. The molecule has 1 aromatic carbocycles. The zero-order valence-corrected chi connectivity index (χ0v) is 18.4. The lowest BCUT2D eigenvalue weighted by atomic mass is 10.2. The van der Waals surface area contributed by atoms with Gasteiger partial charge in [0.05, 0.1) is 9.75 Å². The normalized spacial score (nSPS) is 15.1. The molecule has 1 aliphatic rings. The predicted molar refractivity (Wildman–Crippen MR) is 120 cm³/mol. The highest BCUT2D eigenvalue weighted by Crippen LogP contribution is 2.29. The van der Waals surface area contributed by atoms with E-state index in [0.29, 0.717) is 35.1 Å². The van der Waals surface area contributed by atoms with Crippen molar-refractivity contribution in [3.63, 3.8) is 0 Å². The number of hydrogen-bond acceptors (Lipinski definition) is 7. The van der Waals surface area contributed by atoms with Crippen LogP contribution >= 0.6 is 22.7 Å². The van der Waals surface area contributed by atoms with Gasteiger partial charge < -0.3 is 9.42 Å². The molecule has 4 aromatic rings. The summed E-state index contributed by atoms with van der Waals surface area (Å²) in [5.41, 5.74) is 0. The molecule has 1 fully saturated rings. The number of halogens is 1. The molecule has 4 heterocycles. The monoisotopic (exact) mass is 456 g/mol. The van der Waals surface area contributed by atoms with E-state index in [2.05, 4.69) is 15.0 Å². The van der Waals surface area contributed by atoms with Gasteiger partial charge in [-0.25, -0.2) is 4.39 Å². The number of rotatable bonds is 6. The Morgan fingerprint density at radius 2 is 2.03 bits per heavy atom. The Hall–Kier alpha value is -2.62. The van der Waals surface area contributed by atoms with E-state index in [-0.39, 0.29) is 11.7 Å². The summed E-state index contributed by atoms with van der Waals surface area (Å²) in [6.45, 7) is 3.94. The lowest BCUT2D eigenvalue weighted by Crippen LogP contribution is -2.48. The Bertz CT molecular complexity index is 1180. The smallest absolute Gasteiger partial charge is 0.264 e. The summed E-state index contributed by atoms with van der Waals surface area (Å²) in [4.78, 5) is 23.2. The molecule has 1 amide bonds. The highest BCUT2D eigenvalue weighted by Gasteiger charge is 2.24. The van der Waals surface area contributed by atoms with E-state index in [1.54, 1.807) is 23.5 Å². The molecular weight excluding hydrogens is 435 g/mol. The van der Waals surface area contributed by atoms with Gasteiger partial charge in [0.1, 0.15) is 5.82 Å². The summed E-state index contributed by atoms with van der Waals surface area (Å²) in [7, 11) is 0. The molecule has 3 aromatic heterocycles. The van der Waals surface area contributed by atoms with E-state index in [1.807, 2.05) is 28.5 Å². The van der Waals surface area contributed by atoms with Gasteiger partial charge in [-0.15, -0.1) is 22.7 Å². The van der Waals surface area contributed by atoms with Crippen molar-refractivity contribution in [3.05, 3.63) is 58.4 Å². The van der Waals surface area contributed by atoms with Crippen LogP contribution in [0.15, 0.2) is 46.3 Å². The number of nitrogens with zero attached hydrogens (tertiary/aromatic N) is 4. The summed E-state index contributed by atoms with van der Waals surface area (Å²) in [6, 6.07) is 10.6. The molecule has 0 N–H and O–H groups in total. The molecule has 5 rings (SSSR count). The summed E-state index contributed by atoms with van der Waals surface area (Å²) in [5.74, 6) is 1.03. The Kier molecular flexibility index (Phi) is 5.80. The summed E-state index contributed by atoms with van der Waals surface area (Å²) >= 11 is 2.95. The molecule has 160 valence electrons. The van der Waals surface area contributed by atoms with Gasteiger partial charge in [0.15, 0.2) is 0 Å². The maximum atomic E-state index is 13.9. The van der Waals surface area contributed by atoms with Gasteiger partial charge in [-0.2, -0.15) is 4.98 Å². The molecule has 31 heavy (non-hydrogen) atoms. The molecule has 1 aliphatic heterocycles. The SMILES string of the molecule is O=C(c1cc2c(F)cccc2s1)N1CCN(CCCc2nc(-c3cccs3)no2)CC1. The number of fused-ring (bicyclic) bond motifs is 1. The average molecular weight is 457 g/mol. The van der Waals surface area contributed by atoms with E-state index in [9.17, 15) is 9.18 Å². The zero-order valence-electron chi connectivity index (χ0n) is 16.8. The van der Waals surface area contributed by atoms with Crippen LogP contribution in [-0.2, 0) is 6.42 Å². The Balaban J connectivity index is 1.10. The molecule has 9 heteroatoms. The minimum atomic E-state index is -0.277. The van der Waals surface area contributed by atoms with Crippen molar-refractivity contribution < 1.29 is 13.7 Å². The summed E-state index contributed by atoms with van der Waals surface area (Å²) in [5, 5.41) is 6.57. The standard InChI is InChI=1S/C22H21FN4O2S2/c23-16-4-1-5-17-15(16)14-19(31-17)22(28)27-11-9-26(10-12-27)8-2-7-20-24-21(25-29-20)18-6-3-13-30-18/h1,3-6,13-14H,2,7-12H2. The second-order valence-electron chi connectivity index (χ2n) is 7.49. The Morgan fingerprint density at radius 1 is 1.16 bits per heavy atom. The van der Waals surface area contributed by atoms with Crippen molar-refractivity contribution in [3.8, 4) is 10.7 Å². The molecule has 0 radical (unpaired) electrons. The maximum absolute atomic E-state index is 13.9. The minimum absolute atomic E-state index is 0.00721. The summed E-state index contributed by atoms with van der Waals surface area (Å²) < 4.78 is 20.1. The van der Waals surface area contributed by atoms with Gasteiger partial charge in [0.2, 0.25) is 11.7 Å². The van der Waals surface area contributed by atoms with E-state index >= 15 is 0 Å². The highest BCUT2D eigenvalue weighted by molar-refractivity contribution is 7.20. The Morgan fingerprint density at radius 3 is 2.81 bits per heavy atom. The molecular formula is C22H21FN4O2S2. The fraction of sp³-hybridized carbons (Fsp3) is 0.318. The van der Waals surface area contributed by atoms with E-state index < -0.39 is 0 Å². The zero-order chi connectivity index (χ0) is 21.2. The molecule has 0 bridgehead atoms. The molecule has 0 aliphatic carbocycles.